The van der Waals surface area contributed by atoms with Crippen molar-refractivity contribution in [1.82, 2.24) is 0 Å². The highest BCUT2D eigenvalue weighted by molar-refractivity contribution is 5.33. The number of unbranched alkanes of at least 4 members (excludes halogenated alkanes) is 6. The minimum atomic E-state index is -0.248. The third-order valence-electron chi connectivity index (χ3n) is 4.79. The van der Waals surface area contributed by atoms with Crippen LogP contribution in [0, 0.1) is 0 Å². The number of ether oxygens (including phenoxy) is 2. The van der Waals surface area contributed by atoms with Crippen LogP contribution in [0.25, 0.3) is 0 Å². The number of nitrogens with zero attached hydrogens (tertiary/aromatic N) is 1. The van der Waals surface area contributed by atoms with Crippen LogP contribution >= 0.6 is 0 Å². The number of benzene rings is 1. The molecule has 1 rings (SSSR count). The predicted molar refractivity (Wildman–Crippen MR) is 107 cm³/mol. The number of aryl methyl sites for hydroxylation is 1. The van der Waals surface area contributed by atoms with Crippen LogP contribution in [-0.2, 0) is 11.2 Å². The first kappa shape index (κ1) is 22.0. The van der Waals surface area contributed by atoms with Gasteiger partial charge in [0.1, 0.15) is 5.75 Å². The van der Waals surface area contributed by atoms with Gasteiger partial charge < -0.3 is 9.22 Å². The van der Waals surface area contributed by atoms with Gasteiger partial charge in [-0.25, -0.2) is 0 Å². The molecule has 0 amide bonds. The first-order valence-electron chi connectivity index (χ1n) is 10.1. The van der Waals surface area contributed by atoms with E-state index < -0.39 is 0 Å². The second-order valence-electron chi connectivity index (χ2n) is 8.02. The molecule has 2 atom stereocenters. The molecule has 3 nitrogen and oxygen atoms in total. The van der Waals surface area contributed by atoms with E-state index in [9.17, 15) is 0 Å². The summed E-state index contributed by atoms with van der Waals surface area (Å²) < 4.78 is 12.9. The largest absolute Gasteiger partial charge is 0.465 e. The second kappa shape index (κ2) is 11.5. The van der Waals surface area contributed by atoms with Crippen LogP contribution in [0.1, 0.15) is 71.3 Å². The van der Waals surface area contributed by atoms with E-state index >= 15 is 0 Å². The fourth-order valence-corrected chi connectivity index (χ4v) is 2.76. The number of hydrogen-bond acceptors (Lipinski definition) is 2. The molecule has 1 aromatic rings. The SMILES string of the molecule is CCCCCCCCCc1ccccc1OC(C)OC(C)[N+](C)(C)C. The van der Waals surface area contributed by atoms with Crippen LogP contribution in [0.5, 0.6) is 5.75 Å². The lowest BCUT2D eigenvalue weighted by Crippen LogP contribution is -2.46. The molecule has 25 heavy (non-hydrogen) atoms. The minimum Gasteiger partial charge on any atom is -0.465 e. The maximum Gasteiger partial charge on any atom is 0.202 e. The van der Waals surface area contributed by atoms with E-state index in [0.29, 0.717) is 0 Å². The molecule has 0 aromatic heterocycles. The van der Waals surface area contributed by atoms with Crippen molar-refractivity contribution in [2.45, 2.75) is 84.7 Å². The normalized spacial score (nSPS) is 14.3. The molecule has 2 unspecified atom stereocenters. The van der Waals surface area contributed by atoms with Gasteiger partial charge in [-0.1, -0.05) is 63.6 Å². The number of quaternary nitrogens is 1. The average Bonchev–Trinajstić information content (AvgIpc) is 2.54. The van der Waals surface area contributed by atoms with E-state index in [0.717, 1.165) is 16.7 Å². The monoisotopic (exact) mass is 350 g/mol. The Kier molecular flexibility index (Phi) is 10.1. The smallest absolute Gasteiger partial charge is 0.202 e. The number of hydrogen-bond donors (Lipinski definition) is 0. The van der Waals surface area contributed by atoms with E-state index in [1.807, 2.05) is 13.0 Å². The maximum absolute atomic E-state index is 6.09. The first-order valence-corrected chi connectivity index (χ1v) is 10.1. The van der Waals surface area contributed by atoms with Crippen LogP contribution < -0.4 is 4.74 Å². The Labute approximate surface area is 155 Å². The Hall–Kier alpha value is -1.06. The van der Waals surface area contributed by atoms with Crippen molar-refractivity contribution in [2.24, 2.45) is 0 Å². The summed E-state index contributed by atoms with van der Waals surface area (Å²) >= 11 is 0. The predicted octanol–water partition coefficient (Wildman–Crippen LogP) is 5.77. The molecule has 0 aliphatic rings. The molecular weight excluding hydrogens is 310 g/mol. The van der Waals surface area contributed by atoms with Gasteiger partial charge in [-0.15, -0.1) is 0 Å². The van der Waals surface area contributed by atoms with Gasteiger partial charge in [-0.3, -0.25) is 4.74 Å². The van der Waals surface area contributed by atoms with Crippen LogP contribution in [-0.4, -0.2) is 38.1 Å². The van der Waals surface area contributed by atoms with Crippen molar-refractivity contribution >= 4 is 0 Å². The van der Waals surface area contributed by atoms with Crippen LogP contribution in [0.2, 0.25) is 0 Å². The summed E-state index contributed by atoms with van der Waals surface area (Å²) in [7, 11) is 6.39. The first-order chi connectivity index (χ1) is 11.8. The molecule has 0 fully saturated rings. The highest BCUT2D eigenvalue weighted by Gasteiger charge is 2.22. The van der Waals surface area contributed by atoms with Crippen LogP contribution in [0.3, 0.4) is 0 Å². The third kappa shape index (κ3) is 9.27. The number of para-hydroxylation sites is 1. The summed E-state index contributed by atoms with van der Waals surface area (Å²) in [5.41, 5.74) is 1.30. The minimum absolute atomic E-state index is 0.0882. The Morgan fingerprint density at radius 3 is 2.12 bits per heavy atom. The van der Waals surface area contributed by atoms with Gasteiger partial charge >= 0.3 is 0 Å². The standard InChI is InChI=1S/C22H40NO2/c1-7-8-9-10-11-12-13-16-21-17-14-15-18-22(21)25-20(3)24-19(2)23(4,5)6/h14-15,17-20H,7-13,16H2,1-6H3/q+1. The van der Waals surface area contributed by atoms with E-state index in [2.05, 4.69) is 53.2 Å². The summed E-state index contributed by atoms with van der Waals surface area (Å²) in [4.78, 5) is 0. The zero-order valence-electron chi connectivity index (χ0n) is 17.4. The zero-order chi connectivity index (χ0) is 18.7. The summed E-state index contributed by atoms with van der Waals surface area (Å²) in [6.07, 6.45) is 10.3. The molecule has 0 bridgehead atoms. The molecule has 0 N–H and O–H groups in total. The van der Waals surface area contributed by atoms with E-state index in [1.54, 1.807) is 0 Å². The van der Waals surface area contributed by atoms with Crippen molar-refractivity contribution in [2.75, 3.05) is 21.1 Å². The topological polar surface area (TPSA) is 18.5 Å². The van der Waals surface area contributed by atoms with Crippen molar-refractivity contribution < 1.29 is 14.0 Å². The molecule has 0 spiro atoms. The summed E-state index contributed by atoms with van der Waals surface area (Å²) in [5.74, 6) is 0.967. The molecule has 0 saturated heterocycles. The van der Waals surface area contributed by atoms with Crippen molar-refractivity contribution in [3.05, 3.63) is 29.8 Å². The third-order valence-corrected chi connectivity index (χ3v) is 4.79. The van der Waals surface area contributed by atoms with Gasteiger partial charge in [-0.2, -0.15) is 0 Å². The zero-order valence-corrected chi connectivity index (χ0v) is 17.4. The van der Waals surface area contributed by atoms with E-state index in [-0.39, 0.29) is 12.5 Å². The van der Waals surface area contributed by atoms with E-state index in [1.165, 1.54) is 50.5 Å². The fourth-order valence-electron chi connectivity index (χ4n) is 2.76. The molecule has 0 radical (unpaired) electrons. The Bertz CT molecular complexity index is 467. The van der Waals surface area contributed by atoms with Gasteiger partial charge in [0, 0.05) is 6.92 Å². The molecule has 0 aliphatic heterocycles. The lowest BCUT2D eigenvalue weighted by molar-refractivity contribution is -0.919. The van der Waals surface area contributed by atoms with Crippen LogP contribution in [0.4, 0.5) is 0 Å². The highest BCUT2D eigenvalue weighted by atomic mass is 16.7. The molecule has 144 valence electrons. The Balaban J connectivity index is 2.42. The Morgan fingerprint density at radius 1 is 0.880 bits per heavy atom. The van der Waals surface area contributed by atoms with Crippen molar-refractivity contribution in [3.63, 3.8) is 0 Å². The van der Waals surface area contributed by atoms with Gasteiger partial charge in [0.15, 0.2) is 6.23 Å². The summed E-state index contributed by atoms with van der Waals surface area (Å²) in [6, 6.07) is 8.39. The quantitative estimate of drug-likeness (QED) is 0.255. The second-order valence-corrected chi connectivity index (χ2v) is 8.02. The fraction of sp³-hybridized carbons (Fsp3) is 0.727. The Morgan fingerprint density at radius 2 is 1.48 bits per heavy atom. The molecular formula is C22H40NO2+. The molecule has 0 heterocycles. The average molecular weight is 351 g/mol. The molecule has 0 aliphatic carbocycles. The molecule has 1 aromatic carbocycles. The molecule has 0 saturated carbocycles. The highest BCUT2D eigenvalue weighted by Crippen LogP contribution is 2.23. The summed E-state index contributed by atoms with van der Waals surface area (Å²) in [6.45, 7) is 6.34. The van der Waals surface area contributed by atoms with Crippen LogP contribution in [0.15, 0.2) is 24.3 Å². The van der Waals surface area contributed by atoms with E-state index in [4.69, 9.17) is 9.47 Å². The van der Waals surface area contributed by atoms with Gasteiger partial charge in [0.25, 0.3) is 0 Å². The van der Waals surface area contributed by atoms with Gasteiger partial charge in [0.2, 0.25) is 6.29 Å². The van der Waals surface area contributed by atoms with Crippen molar-refractivity contribution in [1.29, 1.82) is 0 Å². The lowest BCUT2D eigenvalue weighted by Gasteiger charge is -2.33. The molecule has 3 heteroatoms. The van der Waals surface area contributed by atoms with Gasteiger partial charge in [0.05, 0.1) is 21.1 Å². The van der Waals surface area contributed by atoms with Crippen molar-refractivity contribution in [3.8, 4) is 5.75 Å². The summed E-state index contributed by atoms with van der Waals surface area (Å²) in [5, 5.41) is 0. The maximum atomic E-state index is 6.09. The number of rotatable bonds is 13. The lowest BCUT2D eigenvalue weighted by atomic mass is 10.0. The van der Waals surface area contributed by atoms with Gasteiger partial charge in [-0.05, 0) is 31.4 Å².